The molecule has 0 bridgehead atoms. The van der Waals surface area contributed by atoms with Crippen LogP contribution >= 0.6 is 0 Å². The molecular formula is C8H14O4. The third-order valence-corrected chi connectivity index (χ3v) is 2.07. The zero-order valence-electron chi connectivity index (χ0n) is 6.90. The number of carbonyl (C=O) groups is 1. The highest BCUT2D eigenvalue weighted by molar-refractivity contribution is 5.71. The van der Waals surface area contributed by atoms with Crippen molar-refractivity contribution in [2.45, 2.75) is 37.9 Å². The molecule has 0 saturated carbocycles. The van der Waals surface area contributed by atoms with Gasteiger partial charge in [-0.1, -0.05) is 0 Å². The number of ether oxygens (including phenoxy) is 1. The van der Waals surface area contributed by atoms with Crippen LogP contribution in [-0.4, -0.2) is 35.0 Å². The molecule has 1 heterocycles. The van der Waals surface area contributed by atoms with Crippen LogP contribution in [0.4, 0.5) is 0 Å². The fourth-order valence-electron chi connectivity index (χ4n) is 1.34. The first kappa shape index (κ1) is 9.48. The van der Waals surface area contributed by atoms with Crippen LogP contribution in [0.1, 0.15) is 25.7 Å². The molecular weight excluding hydrogens is 160 g/mol. The van der Waals surface area contributed by atoms with Crippen LogP contribution in [0.3, 0.4) is 0 Å². The lowest BCUT2D eigenvalue weighted by Crippen LogP contribution is -2.21. The monoisotopic (exact) mass is 174 g/mol. The predicted molar refractivity (Wildman–Crippen MR) is 41.9 cm³/mol. The van der Waals surface area contributed by atoms with E-state index in [-0.39, 0.29) is 6.10 Å². The average Bonchev–Trinajstić information content (AvgIpc) is 2.51. The first-order chi connectivity index (χ1) is 5.70. The average molecular weight is 174 g/mol. The number of carboxylic acid groups (broad SMARTS) is 1. The second-order valence-electron chi connectivity index (χ2n) is 3.07. The van der Waals surface area contributed by atoms with Crippen molar-refractivity contribution in [2.75, 3.05) is 6.61 Å². The largest absolute Gasteiger partial charge is 0.479 e. The minimum absolute atomic E-state index is 0.166. The SMILES string of the molecule is O=C(O)C(O)CCC1CCCO1. The lowest BCUT2D eigenvalue weighted by Gasteiger charge is -2.10. The molecule has 1 saturated heterocycles. The first-order valence-corrected chi connectivity index (χ1v) is 4.22. The Bertz CT molecular complexity index is 151. The lowest BCUT2D eigenvalue weighted by atomic mass is 10.1. The number of carboxylic acids is 1. The number of hydrogen-bond donors (Lipinski definition) is 2. The van der Waals surface area contributed by atoms with Crippen molar-refractivity contribution < 1.29 is 19.7 Å². The second kappa shape index (κ2) is 4.42. The Morgan fingerprint density at radius 1 is 1.67 bits per heavy atom. The summed E-state index contributed by atoms with van der Waals surface area (Å²) >= 11 is 0. The molecule has 1 fully saturated rings. The lowest BCUT2D eigenvalue weighted by molar-refractivity contribution is -0.147. The van der Waals surface area contributed by atoms with Gasteiger partial charge >= 0.3 is 5.97 Å². The van der Waals surface area contributed by atoms with Gasteiger partial charge in [-0.05, 0) is 25.7 Å². The normalized spacial score (nSPS) is 25.6. The fraction of sp³-hybridized carbons (Fsp3) is 0.875. The minimum atomic E-state index is -1.23. The van der Waals surface area contributed by atoms with Crippen molar-refractivity contribution in [1.82, 2.24) is 0 Å². The van der Waals surface area contributed by atoms with E-state index in [4.69, 9.17) is 14.9 Å². The van der Waals surface area contributed by atoms with Crippen LogP contribution < -0.4 is 0 Å². The quantitative estimate of drug-likeness (QED) is 0.647. The summed E-state index contributed by atoms with van der Waals surface area (Å²) in [6.45, 7) is 0.772. The van der Waals surface area contributed by atoms with Gasteiger partial charge in [0.1, 0.15) is 0 Å². The summed E-state index contributed by atoms with van der Waals surface area (Å²) in [5.74, 6) is -1.15. The summed E-state index contributed by atoms with van der Waals surface area (Å²) in [4.78, 5) is 10.2. The number of aliphatic carboxylic acids is 1. The minimum Gasteiger partial charge on any atom is -0.479 e. The summed E-state index contributed by atoms with van der Waals surface area (Å²) in [5, 5.41) is 17.3. The molecule has 0 aromatic carbocycles. The van der Waals surface area contributed by atoms with Crippen molar-refractivity contribution in [2.24, 2.45) is 0 Å². The molecule has 2 unspecified atom stereocenters. The van der Waals surface area contributed by atoms with Gasteiger partial charge in [-0.25, -0.2) is 4.79 Å². The predicted octanol–water partition coefficient (Wildman–Crippen LogP) is 0.391. The zero-order valence-corrected chi connectivity index (χ0v) is 6.90. The maximum absolute atomic E-state index is 10.2. The summed E-state index contributed by atoms with van der Waals surface area (Å²) < 4.78 is 5.28. The van der Waals surface area contributed by atoms with E-state index < -0.39 is 12.1 Å². The Hall–Kier alpha value is -0.610. The van der Waals surface area contributed by atoms with Gasteiger partial charge in [-0.3, -0.25) is 0 Å². The van der Waals surface area contributed by atoms with Crippen molar-refractivity contribution >= 4 is 5.97 Å². The van der Waals surface area contributed by atoms with Gasteiger partial charge in [-0.15, -0.1) is 0 Å². The highest BCUT2D eigenvalue weighted by Gasteiger charge is 2.19. The van der Waals surface area contributed by atoms with Crippen LogP contribution in [0.15, 0.2) is 0 Å². The smallest absolute Gasteiger partial charge is 0.332 e. The zero-order chi connectivity index (χ0) is 8.97. The molecule has 0 amide bonds. The van der Waals surface area contributed by atoms with Crippen molar-refractivity contribution in [3.8, 4) is 0 Å². The Morgan fingerprint density at radius 2 is 2.42 bits per heavy atom. The highest BCUT2D eigenvalue weighted by atomic mass is 16.5. The molecule has 70 valence electrons. The number of rotatable bonds is 4. The van der Waals surface area contributed by atoms with Crippen LogP contribution in [0.2, 0.25) is 0 Å². The summed E-state index contributed by atoms with van der Waals surface area (Å²) in [7, 11) is 0. The number of aliphatic hydroxyl groups is 1. The Morgan fingerprint density at radius 3 is 2.92 bits per heavy atom. The highest BCUT2D eigenvalue weighted by Crippen LogP contribution is 2.17. The molecule has 2 atom stereocenters. The van der Waals surface area contributed by atoms with Crippen molar-refractivity contribution in [3.05, 3.63) is 0 Å². The standard InChI is InChI=1S/C8H14O4/c9-7(8(10)11)4-3-6-2-1-5-12-6/h6-7,9H,1-5H2,(H,10,11). The third kappa shape index (κ3) is 2.79. The van der Waals surface area contributed by atoms with Gasteiger partial charge in [0.25, 0.3) is 0 Å². The first-order valence-electron chi connectivity index (χ1n) is 4.22. The maximum atomic E-state index is 10.2. The Balaban J connectivity index is 2.11. The topological polar surface area (TPSA) is 66.8 Å². The fourth-order valence-corrected chi connectivity index (χ4v) is 1.34. The molecule has 0 aromatic rings. The number of hydrogen-bond acceptors (Lipinski definition) is 3. The van der Waals surface area contributed by atoms with E-state index in [2.05, 4.69) is 0 Å². The van der Waals surface area contributed by atoms with Gasteiger partial charge in [0.05, 0.1) is 6.10 Å². The maximum Gasteiger partial charge on any atom is 0.332 e. The van der Waals surface area contributed by atoms with E-state index in [1.807, 2.05) is 0 Å². The van der Waals surface area contributed by atoms with Crippen molar-refractivity contribution in [3.63, 3.8) is 0 Å². The summed E-state index contributed by atoms with van der Waals surface area (Å²) in [6, 6.07) is 0. The molecule has 0 radical (unpaired) electrons. The van der Waals surface area contributed by atoms with Crippen LogP contribution in [-0.2, 0) is 9.53 Å². The van der Waals surface area contributed by atoms with E-state index >= 15 is 0 Å². The van der Waals surface area contributed by atoms with E-state index in [0.29, 0.717) is 12.8 Å². The van der Waals surface area contributed by atoms with E-state index in [9.17, 15) is 4.79 Å². The van der Waals surface area contributed by atoms with Crippen LogP contribution in [0.5, 0.6) is 0 Å². The molecule has 1 aliphatic heterocycles. The van der Waals surface area contributed by atoms with Gasteiger partial charge in [0.15, 0.2) is 6.10 Å². The molecule has 2 N–H and O–H groups in total. The molecule has 1 aliphatic rings. The van der Waals surface area contributed by atoms with Gasteiger partial charge in [-0.2, -0.15) is 0 Å². The molecule has 0 aromatic heterocycles. The Kier molecular flexibility index (Phi) is 3.49. The summed E-state index contributed by atoms with van der Waals surface area (Å²) in [5.41, 5.74) is 0. The van der Waals surface area contributed by atoms with Gasteiger partial charge in [0, 0.05) is 6.61 Å². The Labute approximate surface area is 71.2 Å². The third-order valence-electron chi connectivity index (χ3n) is 2.07. The van der Waals surface area contributed by atoms with Gasteiger partial charge in [0.2, 0.25) is 0 Å². The van der Waals surface area contributed by atoms with Gasteiger partial charge < -0.3 is 14.9 Å². The van der Waals surface area contributed by atoms with Crippen LogP contribution in [0, 0.1) is 0 Å². The van der Waals surface area contributed by atoms with E-state index in [1.165, 1.54) is 0 Å². The summed E-state index contributed by atoms with van der Waals surface area (Å²) in [6.07, 6.45) is 1.92. The molecule has 4 heteroatoms. The van der Waals surface area contributed by atoms with Crippen molar-refractivity contribution in [1.29, 1.82) is 0 Å². The number of aliphatic hydroxyl groups excluding tert-OH is 1. The molecule has 1 rings (SSSR count). The van der Waals surface area contributed by atoms with E-state index in [0.717, 1.165) is 19.4 Å². The molecule has 0 spiro atoms. The molecule has 0 aliphatic carbocycles. The molecule has 4 nitrogen and oxygen atoms in total. The van der Waals surface area contributed by atoms with E-state index in [1.54, 1.807) is 0 Å². The molecule has 12 heavy (non-hydrogen) atoms. The second-order valence-corrected chi connectivity index (χ2v) is 3.07. The van der Waals surface area contributed by atoms with Crippen LogP contribution in [0.25, 0.3) is 0 Å².